The van der Waals surface area contributed by atoms with Crippen LogP contribution in [0.1, 0.15) is 25.3 Å². The molecule has 0 bridgehead atoms. The maximum Gasteiger partial charge on any atom is 0.152 e. The second-order valence-corrected chi connectivity index (χ2v) is 3.43. The van der Waals surface area contributed by atoms with Crippen molar-refractivity contribution in [3.63, 3.8) is 0 Å². The van der Waals surface area contributed by atoms with Crippen LogP contribution in [0.5, 0.6) is 0 Å². The maximum atomic E-state index is 8.73. The Morgan fingerprint density at radius 1 is 1.64 bits per heavy atom. The van der Waals surface area contributed by atoms with Crippen molar-refractivity contribution >= 4 is 5.82 Å². The van der Waals surface area contributed by atoms with E-state index in [1.807, 2.05) is 0 Å². The summed E-state index contributed by atoms with van der Waals surface area (Å²) in [6, 6.07) is 4.49. The molecule has 1 aliphatic rings. The van der Waals surface area contributed by atoms with E-state index in [9.17, 15) is 0 Å². The van der Waals surface area contributed by atoms with Crippen molar-refractivity contribution in [3.8, 4) is 6.07 Å². The van der Waals surface area contributed by atoms with Gasteiger partial charge in [0.05, 0.1) is 11.8 Å². The van der Waals surface area contributed by atoms with Crippen LogP contribution in [-0.2, 0) is 0 Å². The normalized spacial score (nSPS) is 14.9. The molecule has 0 aromatic carbocycles. The van der Waals surface area contributed by atoms with E-state index in [0.29, 0.717) is 11.6 Å². The van der Waals surface area contributed by atoms with Gasteiger partial charge in [0.15, 0.2) is 5.82 Å². The van der Waals surface area contributed by atoms with E-state index in [4.69, 9.17) is 5.26 Å². The fourth-order valence-electron chi connectivity index (χ4n) is 1.55. The Morgan fingerprint density at radius 2 is 2.43 bits per heavy atom. The molecule has 4 heteroatoms. The van der Waals surface area contributed by atoms with Crippen LogP contribution in [-0.4, -0.2) is 22.8 Å². The second-order valence-electron chi connectivity index (χ2n) is 3.43. The lowest BCUT2D eigenvalue weighted by atomic mass is 10.3. The Hall–Kier alpha value is -1.63. The van der Waals surface area contributed by atoms with Crippen molar-refractivity contribution < 1.29 is 0 Å². The van der Waals surface area contributed by atoms with Crippen molar-refractivity contribution in [3.05, 3.63) is 17.8 Å². The summed E-state index contributed by atoms with van der Waals surface area (Å²) in [5.41, 5.74) is 0.578. The van der Waals surface area contributed by atoms with Gasteiger partial charge < -0.3 is 4.90 Å². The van der Waals surface area contributed by atoms with Crippen LogP contribution in [0.4, 0.5) is 5.82 Å². The molecule has 1 heterocycles. The summed E-state index contributed by atoms with van der Waals surface area (Å²) in [6.07, 6.45) is 3.95. The van der Waals surface area contributed by atoms with Crippen molar-refractivity contribution in [2.24, 2.45) is 0 Å². The molecule has 0 atom stereocenters. The van der Waals surface area contributed by atoms with Crippen LogP contribution in [0.3, 0.4) is 0 Å². The standard InChI is InChI=1S/C10H12N4/c1-2-14(9-3-4-9)10-5-8(6-11)7-12-13-10/h5,7,9H,2-4H2,1H3. The third kappa shape index (κ3) is 1.67. The summed E-state index contributed by atoms with van der Waals surface area (Å²) in [5, 5.41) is 16.6. The monoisotopic (exact) mass is 188 g/mol. The van der Waals surface area contributed by atoms with E-state index < -0.39 is 0 Å². The summed E-state index contributed by atoms with van der Waals surface area (Å²) in [7, 11) is 0. The van der Waals surface area contributed by atoms with Crippen LogP contribution in [0, 0.1) is 11.3 Å². The number of nitriles is 1. The first-order valence-electron chi connectivity index (χ1n) is 4.84. The molecule has 0 amide bonds. The fourth-order valence-corrected chi connectivity index (χ4v) is 1.55. The lowest BCUT2D eigenvalue weighted by molar-refractivity contribution is 0.790. The Morgan fingerprint density at radius 3 is 3.00 bits per heavy atom. The van der Waals surface area contributed by atoms with Gasteiger partial charge in [-0.1, -0.05) is 0 Å². The summed E-state index contributed by atoms with van der Waals surface area (Å²) in [6.45, 7) is 3.02. The molecule has 0 spiro atoms. The molecular formula is C10H12N4. The molecule has 1 saturated carbocycles. The van der Waals surface area contributed by atoms with Crippen molar-refractivity contribution in [1.82, 2.24) is 10.2 Å². The summed E-state index contributed by atoms with van der Waals surface area (Å²) < 4.78 is 0. The smallest absolute Gasteiger partial charge is 0.152 e. The van der Waals surface area contributed by atoms with Gasteiger partial charge in [-0.15, -0.1) is 5.10 Å². The number of anilines is 1. The van der Waals surface area contributed by atoms with E-state index in [1.165, 1.54) is 19.0 Å². The number of aromatic nitrogens is 2. The van der Waals surface area contributed by atoms with Gasteiger partial charge >= 0.3 is 0 Å². The molecule has 1 fully saturated rings. The Bertz CT molecular complexity index is 365. The minimum Gasteiger partial charge on any atom is -0.352 e. The number of hydrogen-bond donors (Lipinski definition) is 0. The first-order chi connectivity index (χ1) is 6.85. The Balaban J connectivity index is 2.25. The summed E-state index contributed by atoms with van der Waals surface area (Å²) in [5.74, 6) is 0.828. The SMILES string of the molecule is CCN(c1cc(C#N)cnn1)C1CC1. The Kier molecular flexibility index (Phi) is 2.32. The van der Waals surface area contributed by atoms with Crippen LogP contribution < -0.4 is 4.90 Å². The van der Waals surface area contributed by atoms with E-state index in [-0.39, 0.29) is 0 Å². The second kappa shape index (κ2) is 3.62. The van der Waals surface area contributed by atoms with Gasteiger partial charge in [-0.2, -0.15) is 10.4 Å². The molecule has 0 N–H and O–H groups in total. The molecular weight excluding hydrogens is 176 g/mol. The van der Waals surface area contributed by atoms with Crippen LogP contribution in [0.15, 0.2) is 12.3 Å². The zero-order valence-electron chi connectivity index (χ0n) is 8.14. The van der Waals surface area contributed by atoms with Gasteiger partial charge in [0, 0.05) is 18.7 Å². The van der Waals surface area contributed by atoms with Gasteiger partial charge in [-0.25, -0.2) is 0 Å². The highest BCUT2D eigenvalue weighted by atomic mass is 15.3. The van der Waals surface area contributed by atoms with Crippen LogP contribution >= 0.6 is 0 Å². The fraction of sp³-hybridized carbons (Fsp3) is 0.500. The quantitative estimate of drug-likeness (QED) is 0.718. The third-order valence-electron chi connectivity index (χ3n) is 2.39. The molecule has 0 aliphatic heterocycles. The lowest BCUT2D eigenvalue weighted by Crippen LogP contribution is -2.26. The topological polar surface area (TPSA) is 52.8 Å². The van der Waals surface area contributed by atoms with Crippen molar-refractivity contribution in [2.75, 3.05) is 11.4 Å². The van der Waals surface area contributed by atoms with Gasteiger partial charge in [-0.3, -0.25) is 0 Å². The number of rotatable bonds is 3. The van der Waals surface area contributed by atoms with Crippen molar-refractivity contribution in [2.45, 2.75) is 25.8 Å². The lowest BCUT2D eigenvalue weighted by Gasteiger charge is -2.20. The largest absolute Gasteiger partial charge is 0.352 e. The van der Waals surface area contributed by atoms with Gasteiger partial charge in [0.2, 0.25) is 0 Å². The molecule has 1 aromatic heterocycles. The zero-order valence-corrected chi connectivity index (χ0v) is 8.14. The first-order valence-corrected chi connectivity index (χ1v) is 4.84. The van der Waals surface area contributed by atoms with Gasteiger partial charge in [0.25, 0.3) is 0 Å². The predicted molar refractivity (Wildman–Crippen MR) is 52.8 cm³/mol. The minimum atomic E-state index is 0.578. The molecule has 0 saturated heterocycles. The van der Waals surface area contributed by atoms with Gasteiger partial charge in [0.1, 0.15) is 6.07 Å². The first kappa shape index (κ1) is 8.95. The number of hydrogen-bond acceptors (Lipinski definition) is 4. The highest BCUT2D eigenvalue weighted by molar-refractivity contribution is 5.45. The van der Waals surface area contributed by atoms with E-state index >= 15 is 0 Å². The Labute approximate surface area is 83.2 Å². The molecule has 0 unspecified atom stereocenters. The molecule has 1 aromatic rings. The average molecular weight is 188 g/mol. The maximum absolute atomic E-state index is 8.73. The summed E-state index contributed by atoms with van der Waals surface area (Å²) in [4.78, 5) is 2.20. The van der Waals surface area contributed by atoms with Crippen LogP contribution in [0.25, 0.3) is 0 Å². The predicted octanol–water partition coefficient (Wildman–Crippen LogP) is 1.34. The average Bonchev–Trinajstić information content (AvgIpc) is 3.04. The molecule has 2 rings (SSSR count). The van der Waals surface area contributed by atoms with E-state index in [1.54, 1.807) is 6.07 Å². The van der Waals surface area contributed by atoms with Crippen LogP contribution in [0.2, 0.25) is 0 Å². The summed E-state index contributed by atoms with van der Waals surface area (Å²) >= 11 is 0. The molecule has 1 aliphatic carbocycles. The number of nitrogens with zero attached hydrogens (tertiary/aromatic N) is 4. The molecule has 0 radical (unpaired) electrons. The molecule has 4 nitrogen and oxygen atoms in total. The molecule has 14 heavy (non-hydrogen) atoms. The zero-order chi connectivity index (χ0) is 9.97. The highest BCUT2D eigenvalue weighted by Gasteiger charge is 2.29. The highest BCUT2D eigenvalue weighted by Crippen LogP contribution is 2.29. The minimum absolute atomic E-state index is 0.578. The van der Waals surface area contributed by atoms with E-state index in [0.717, 1.165) is 12.4 Å². The van der Waals surface area contributed by atoms with E-state index in [2.05, 4.69) is 28.1 Å². The molecule has 72 valence electrons. The van der Waals surface area contributed by atoms with Gasteiger partial charge in [-0.05, 0) is 19.8 Å². The van der Waals surface area contributed by atoms with Crippen molar-refractivity contribution in [1.29, 1.82) is 5.26 Å². The third-order valence-corrected chi connectivity index (χ3v) is 2.39.